The van der Waals surface area contributed by atoms with Gasteiger partial charge in [-0.05, 0) is 55.2 Å². The number of halogens is 1. The van der Waals surface area contributed by atoms with E-state index >= 15 is 0 Å². The standard InChI is InChI=1S/C22H19ClN2O2/c1-2-27-22(26)20-19-12-11-16(13-15-7-4-3-5-8-15)21(19)25(24-20)18-10-6-9-17(23)14-18/h3-10,13-14H,2,11-12H2,1H3/b16-13-. The maximum atomic E-state index is 12.4. The van der Waals surface area contributed by atoms with Crippen LogP contribution in [-0.4, -0.2) is 22.4 Å². The van der Waals surface area contributed by atoms with Gasteiger partial charge in [-0.15, -0.1) is 0 Å². The van der Waals surface area contributed by atoms with Crippen molar-refractivity contribution in [3.05, 3.63) is 82.1 Å². The number of esters is 1. The first kappa shape index (κ1) is 17.6. The van der Waals surface area contributed by atoms with E-state index in [4.69, 9.17) is 16.3 Å². The monoisotopic (exact) mass is 378 g/mol. The van der Waals surface area contributed by atoms with Crippen LogP contribution >= 0.6 is 11.6 Å². The Balaban J connectivity index is 1.88. The number of hydrogen-bond acceptors (Lipinski definition) is 3. The number of fused-ring (bicyclic) bond motifs is 1. The van der Waals surface area contributed by atoms with E-state index in [-0.39, 0.29) is 5.97 Å². The van der Waals surface area contributed by atoms with E-state index in [1.54, 1.807) is 6.92 Å². The van der Waals surface area contributed by atoms with Gasteiger partial charge in [0.15, 0.2) is 5.69 Å². The number of allylic oxidation sites excluding steroid dienone is 1. The molecule has 0 fully saturated rings. The Morgan fingerprint density at radius 1 is 1.19 bits per heavy atom. The zero-order valence-corrected chi connectivity index (χ0v) is 15.7. The van der Waals surface area contributed by atoms with E-state index in [9.17, 15) is 4.79 Å². The average Bonchev–Trinajstić information content (AvgIpc) is 3.24. The Bertz CT molecular complexity index is 1020. The molecule has 1 heterocycles. The van der Waals surface area contributed by atoms with E-state index < -0.39 is 0 Å². The van der Waals surface area contributed by atoms with Crippen molar-refractivity contribution in [3.63, 3.8) is 0 Å². The second-order valence-electron chi connectivity index (χ2n) is 6.37. The summed E-state index contributed by atoms with van der Waals surface area (Å²) < 4.78 is 7.03. The Hall–Kier alpha value is -2.85. The third kappa shape index (κ3) is 3.40. The molecule has 0 radical (unpaired) electrons. The minimum atomic E-state index is -0.379. The van der Waals surface area contributed by atoms with Crippen molar-refractivity contribution < 1.29 is 9.53 Å². The molecule has 4 rings (SSSR count). The summed E-state index contributed by atoms with van der Waals surface area (Å²) in [6.45, 7) is 2.12. The predicted molar refractivity (Wildman–Crippen MR) is 107 cm³/mol. The van der Waals surface area contributed by atoms with Crippen molar-refractivity contribution >= 4 is 29.2 Å². The van der Waals surface area contributed by atoms with E-state index in [2.05, 4.69) is 23.3 Å². The fourth-order valence-corrected chi connectivity index (χ4v) is 3.63. The maximum Gasteiger partial charge on any atom is 0.359 e. The zero-order valence-electron chi connectivity index (χ0n) is 15.0. The number of ether oxygens (including phenoxy) is 1. The number of carbonyl (C=O) groups excluding carboxylic acids is 1. The summed E-state index contributed by atoms with van der Waals surface area (Å²) in [5.41, 5.74) is 5.40. The number of aromatic nitrogens is 2. The molecule has 0 amide bonds. The van der Waals surface area contributed by atoms with Gasteiger partial charge < -0.3 is 4.74 Å². The first-order chi connectivity index (χ1) is 13.2. The molecule has 0 aliphatic heterocycles. The smallest absolute Gasteiger partial charge is 0.359 e. The molecule has 0 unspecified atom stereocenters. The van der Waals surface area contributed by atoms with E-state index in [0.29, 0.717) is 17.3 Å². The topological polar surface area (TPSA) is 44.1 Å². The van der Waals surface area contributed by atoms with Crippen molar-refractivity contribution in [3.8, 4) is 5.69 Å². The lowest BCUT2D eigenvalue weighted by atomic mass is 10.1. The van der Waals surface area contributed by atoms with Crippen LogP contribution in [0.15, 0.2) is 54.6 Å². The van der Waals surface area contributed by atoms with Crippen LogP contribution in [-0.2, 0) is 11.2 Å². The molecule has 0 N–H and O–H groups in total. The number of nitrogens with zero attached hydrogens (tertiary/aromatic N) is 2. The van der Waals surface area contributed by atoms with Crippen LogP contribution in [0.4, 0.5) is 0 Å². The van der Waals surface area contributed by atoms with E-state index in [0.717, 1.165) is 40.9 Å². The van der Waals surface area contributed by atoms with Gasteiger partial charge in [0.1, 0.15) is 0 Å². The van der Waals surface area contributed by atoms with Gasteiger partial charge in [0.05, 0.1) is 18.0 Å². The second kappa shape index (κ2) is 7.41. The molecular weight excluding hydrogens is 360 g/mol. The van der Waals surface area contributed by atoms with Gasteiger partial charge >= 0.3 is 5.97 Å². The van der Waals surface area contributed by atoms with Crippen molar-refractivity contribution in [1.82, 2.24) is 9.78 Å². The van der Waals surface area contributed by atoms with Crippen LogP contribution in [0.1, 0.15) is 40.7 Å². The molecule has 27 heavy (non-hydrogen) atoms. The highest BCUT2D eigenvalue weighted by Crippen LogP contribution is 2.37. The van der Waals surface area contributed by atoms with Gasteiger partial charge in [0.25, 0.3) is 0 Å². The summed E-state index contributed by atoms with van der Waals surface area (Å²) in [4.78, 5) is 12.4. The van der Waals surface area contributed by atoms with Crippen molar-refractivity contribution in [2.75, 3.05) is 6.61 Å². The number of hydrogen-bond donors (Lipinski definition) is 0. The van der Waals surface area contributed by atoms with Crippen molar-refractivity contribution in [2.24, 2.45) is 0 Å². The Morgan fingerprint density at radius 2 is 2.00 bits per heavy atom. The minimum absolute atomic E-state index is 0.324. The molecule has 4 nitrogen and oxygen atoms in total. The number of benzene rings is 2. The maximum absolute atomic E-state index is 12.4. The fraction of sp³-hybridized carbons (Fsp3) is 0.182. The lowest BCUT2D eigenvalue weighted by Gasteiger charge is -2.08. The van der Waals surface area contributed by atoms with Gasteiger partial charge in [-0.3, -0.25) is 0 Å². The highest BCUT2D eigenvalue weighted by Gasteiger charge is 2.30. The van der Waals surface area contributed by atoms with Gasteiger partial charge in [0, 0.05) is 10.6 Å². The van der Waals surface area contributed by atoms with Crippen LogP contribution in [0.2, 0.25) is 5.02 Å². The summed E-state index contributed by atoms with van der Waals surface area (Å²) in [5, 5.41) is 5.22. The zero-order chi connectivity index (χ0) is 18.8. The first-order valence-electron chi connectivity index (χ1n) is 8.98. The SMILES string of the molecule is CCOC(=O)c1nn(-c2cccc(Cl)c2)c2c1CC/C2=C/c1ccccc1. The minimum Gasteiger partial charge on any atom is -0.461 e. The van der Waals surface area contributed by atoms with Gasteiger partial charge in [-0.2, -0.15) is 5.10 Å². The normalized spacial score (nSPS) is 14.4. The van der Waals surface area contributed by atoms with Crippen molar-refractivity contribution in [2.45, 2.75) is 19.8 Å². The molecule has 2 aromatic carbocycles. The molecule has 1 aliphatic rings. The summed E-state index contributed by atoms with van der Waals surface area (Å²) in [6, 6.07) is 17.6. The van der Waals surface area contributed by atoms with E-state index in [1.165, 1.54) is 0 Å². The highest BCUT2D eigenvalue weighted by atomic mass is 35.5. The third-order valence-electron chi connectivity index (χ3n) is 4.59. The van der Waals surface area contributed by atoms with Crippen molar-refractivity contribution in [1.29, 1.82) is 0 Å². The molecule has 5 heteroatoms. The molecule has 1 aliphatic carbocycles. The lowest BCUT2D eigenvalue weighted by molar-refractivity contribution is 0.0517. The summed E-state index contributed by atoms with van der Waals surface area (Å²) in [5.74, 6) is -0.379. The lowest BCUT2D eigenvalue weighted by Crippen LogP contribution is -2.09. The molecule has 1 aromatic heterocycles. The van der Waals surface area contributed by atoms with Crippen LogP contribution in [0.25, 0.3) is 17.3 Å². The molecule has 0 saturated carbocycles. The average molecular weight is 379 g/mol. The van der Waals surface area contributed by atoms with Gasteiger partial charge in [-0.25, -0.2) is 9.48 Å². The highest BCUT2D eigenvalue weighted by molar-refractivity contribution is 6.30. The molecule has 0 atom stereocenters. The fourth-order valence-electron chi connectivity index (χ4n) is 3.44. The summed E-state index contributed by atoms with van der Waals surface area (Å²) >= 11 is 6.18. The molecule has 3 aromatic rings. The molecule has 0 spiro atoms. The molecule has 136 valence electrons. The largest absolute Gasteiger partial charge is 0.461 e. The van der Waals surface area contributed by atoms with Crippen LogP contribution in [0.5, 0.6) is 0 Å². The third-order valence-corrected chi connectivity index (χ3v) is 4.83. The molecular formula is C22H19ClN2O2. The number of rotatable bonds is 4. The quantitative estimate of drug-likeness (QED) is 0.587. The Labute approximate surface area is 163 Å². The van der Waals surface area contributed by atoms with Gasteiger partial charge in [-0.1, -0.05) is 48.0 Å². The molecule has 0 bridgehead atoms. The van der Waals surface area contributed by atoms with Crippen LogP contribution < -0.4 is 0 Å². The number of carbonyl (C=O) groups is 1. The van der Waals surface area contributed by atoms with Gasteiger partial charge in [0.2, 0.25) is 0 Å². The van der Waals surface area contributed by atoms with E-state index in [1.807, 2.05) is 47.1 Å². The first-order valence-corrected chi connectivity index (χ1v) is 9.36. The predicted octanol–water partition coefficient (Wildman–Crippen LogP) is 5.19. The van der Waals surface area contributed by atoms with Crippen LogP contribution in [0.3, 0.4) is 0 Å². The summed E-state index contributed by atoms with van der Waals surface area (Å²) in [6.07, 6.45) is 3.78. The summed E-state index contributed by atoms with van der Waals surface area (Å²) in [7, 11) is 0. The second-order valence-corrected chi connectivity index (χ2v) is 6.80. The Kier molecular flexibility index (Phi) is 4.82. The Morgan fingerprint density at radius 3 is 2.74 bits per heavy atom. The van der Waals surface area contributed by atoms with Crippen LogP contribution in [0, 0.1) is 0 Å². The molecule has 0 saturated heterocycles.